The summed E-state index contributed by atoms with van der Waals surface area (Å²) < 4.78 is 0. The SMILES string of the molecule is CC(=O)N1CCN(CC(N)=O)CC1.Cl. The summed E-state index contributed by atoms with van der Waals surface area (Å²) in [7, 11) is 0. The van der Waals surface area contributed by atoms with E-state index in [1.54, 1.807) is 11.8 Å². The van der Waals surface area contributed by atoms with E-state index < -0.39 is 0 Å². The quantitative estimate of drug-likeness (QED) is 0.655. The van der Waals surface area contributed by atoms with E-state index in [9.17, 15) is 9.59 Å². The highest BCUT2D eigenvalue weighted by molar-refractivity contribution is 5.85. The molecule has 1 saturated heterocycles. The van der Waals surface area contributed by atoms with Crippen molar-refractivity contribution in [1.82, 2.24) is 9.80 Å². The summed E-state index contributed by atoms with van der Waals surface area (Å²) >= 11 is 0. The smallest absolute Gasteiger partial charge is 0.231 e. The standard InChI is InChI=1S/C8H15N3O2.ClH/c1-7(12)11-4-2-10(3-5-11)6-8(9)13;/h2-6H2,1H3,(H2,9,13);1H. The fraction of sp³-hybridized carbons (Fsp3) is 0.750. The molecule has 0 radical (unpaired) electrons. The average molecular weight is 222 g/mol. The number of carbonyl (C=O) groups is 2. The molecule has 0 spiro atoms. The Morgan fingerprint density at radius 3 is 2.07 bits per heavy atom. The maximum atomic E-state index is 10.9. The maximum Gasteiger partial charge on any atom is 0.231 e. The first-order chi connectivity index (χ1) is 6.09. The summed E-state index contributed by atoms with van der Waals surface area (Å²) in [6.07, 6.45) is 0. The van der Waals surface area contributed by atoms with Crippen molar-refractivity contribution >= 4 is 24.2 Å². The topological polar surface area (TPSA) is 66.6 Å². The van der Waals surface area contributed by atoms with Crippen LogP contribution in [0, 0.1) is 0 Å². The third kappa shape index (κ3) is 3.93. The van der Waals surface area contributed by atoms with Crippen LogP contribution < -0.4 is 5.73 Å². The van der Waals surface area contributed by atoms with Crippen molar-refractivity contribution in [3.8, 4) is 0 Å². The minimum Gasteiger partial charge on any atom is -0.369 e. The number of primary amides is 1. The number of hydrogen-bond donors (Lipinski definition) is 1. The highest BCUT2D eigenvalue weighted by Gasteiger charge is 2.18. The van der Waals surface area contributed by atoms with Crippen LogP contribution in [0.15, 0.2) is 0 Å². The van der Waals surface area contributed by atoms with Crippen molar-refractivity contribution < 1.29 is 9.59 Å². The van der Waals surface area contributed by atoms with Crippen LogP contribution in [0.25, 0.3) is 0 Å². The first kappa shape index (κ1) is 13.2. The van der Waals surface area contributed by atoms with Crippen LogP contribution in [-0.4, -0.2) is 54.3 Å². The van der Waals surface area contributed by atoms with Gasteiger partial charge in [0.15, 0.2) is 0 Å². The van der Waals surface area contributed by atoms with Gasteiger partial charge in [0, 0.05) is 33.1 Å². The van der Waals surface area contributed by atoms with Gasteiger partial charge in [-0.25, -0.2) is 0 Å². The summed E-state index contributed by atoms with van der Waals surface area (Å²) in [4.78, 5) is 25.3. The summed E-state index contributed by atoms with van der Waals surface area (Å²) in [5, 5.41) is 0. The van der Waals surface area contributed by atoms with Gasteiger partial charge >= 0.3 is 0 Å². The van der Waals surface area contributed by atoms with Gasteiger partial charge in [-0.3, -0.25) is 14.5 Å². The normalized spacial score (nSPS) is 17.4. The van der Waals surface area contributed by atoms with Crippen LogP contribution >= 0.6 is 12.4 Å². The van der Waals surface area contributed by atoms with Crippen LogP contribution in [0.3, 0.4) is 0 Å². The Morgan fingerprint density at radius 2 is 1.71 bits per heavy atom. The Balaban J connectivity index is 0.00000169. The molecular formula is C8H16ClN3O2. The van der Waals surface area contributed by atoms with Gasteiger partial charge < -0.3 is 10.6 Å². The van der Waals surface area contributed by atoms with E-state index in [1.807, 2.05) is 4.90 Å². The lowest BCUT2D eigenvalue weighted by molar-refractivity contribution is -0.130. The van der Waals surface area contributed by atoms with E-state index >= 15 is 0 Å². The largest absolute Gasteiger partial charge is 0.369 e. The lowest BCUT2D eigenvalue weighted by Gasteiger charge is -2.33. The molecule has 1 aliphatic heterocycles. The van der Waals surface area contributed by atoms with Crippen molar-refractivity contribution in [2.24, 2.45) is 5.73 Å². The van der Waals surface area contributed by atoms with E-state index in [1.165, 1.54) is 0 Å². The van der Waals surface area contributed by atoms with Gasteiger partial charge in [0.2, 0.25) is 11.8 Å². The summed E-state index contributed by atoms with van der Waals surface area (Å²) in [5.74, 6) is -0.213. The molecule has 14 heavy (non-hydrogen) atoms. The van der Waals surface area contributed by atoms with Crippen LogP contribution in [-0.2, 0) is 9.59 Å². The molecule has 0 aromatic heterocycles. The number of carbonyl (C=O) groups excluding carboxylic acids is 2. The van der Waals surface area contributed by atoms with E-state index in [2.05, 4.69) is 0 Å². The van der Waals surface area contributed by atoms with Crippen molar-refractivity contribution in [2.45, 2.75) is 6.92 Å². The van der Waals surface area contributed by atoms with Crippen LogP contribution in [0.2, 0.25) is 0 Å². The van der Waals surface area contributed by atoms with E-state index in [-0.39, 0.29) is 24.2 Å². The molecule has 0 atom stereocenters. The van der Waals surface area contributed by atoms with Crippen molar-refractivity contribution in [3.05, 3.63) is 0 Å². The molecule has 0 aromatic rings. The molecule has 2 N–H and O–H groups in total. The molecule has 0 aliphatic carbocycles. The maximum absolute atomic E-state index is 10.9. The Morgan fingerprint density at radius 1 is 1.21 bits per heavy atom. The third-order valence-electron chi connectivity index (χ3n) is 2.20. The number of nitrogens with two attached hydrogens (primary N) is 1. The van der Waals surface area contributed by atoms with Crippen molar-refractivity contribution in [2.75, 3.05) is 32.7 Å². The average Bonchev–Trinajstić information content (AvgIpc) is 2.04. The number of amides is 2. The first-order valence-corrected chi connectivity index (χ1v) is 4.36. The monoisotopic (exact) mass is 221 g/mol. The number of hydrogen-bond acceptors (Lipinski definition) is 3. The van der Waals surface area contributed by atoms with E-state index in [4.69, 9.17) is 5.73 Å². The Labute approximate surface area is 89.6 Å². The van der Waals surface area contributed by atoms with Gasteiger partial charge in [-0.05, 0) is 0 Å². The van der Waals surface area contributed by atoms with Gasteiger partial charge in [-0.15, -0.1) is 12.4 Å². The van der Waals surface area contributed by atoms with Crippen molar-refractivity contribution in [3.63, 3.8) is 0 Å². The zero-order valence-corrected chi connectivity index (χ0v) is 9.05. The van der Waals surface area contributed by atoms with Gasteiger partial charge in [0.25, 0.3) is 0 Å². The zero-order chi connectivity index (χ0) is 9.84. The fourth-order valence-corrected chi connectivity index (χ4v) is 1.44. The zero-order valence-electron chi connectivity index (χ0n) is 8.23. The van der Waals surface area contributed by atoms with E-state index in [0.717, 1.165) is 13.1 Å². The van der Waals surface area contributed by atoms with Crippen LogP contribution in [0.4, 0.5) is 0 Å². The molecule has 0 bridgehead atoms. The van der Waals surface area contributed by atoms with Gasteiger partial charge in [0.05, 0.1) is 6.54 Å². The molecular weight excluding hydrogens is 206 g/mol. The molecule has 0 unspecified atom stereocenters. The number of halogens is 1. The van der Waals surface area contributed by atoms with E-state index in [0.29, 0.717) is 19.6 Å². The second kappa shape index (κ2) is 5.82. The predicted molar refractivity (Wildman–Crippen MR) is 55.1 cm³/mol. The Hall–Kier alpha value is -0.810. The minimum atomic E-state index is -0.309. The molecule has 82 valence electrons. The Kier molecular flexibility index (Phi) is 5.49. The lowest BCUT2D eigenvalue weighted by Crippen LogP contribution is -2.50. The Bertz CT molecular complexity index is 215. The molecule has 2 amide bonds. The summed E-state index contributed by atoms with van der Waals surface area (Å²) in [6.45, 7) is 4.73. The second-order valence-electron chi connectivity index (χ2n) is 3.25. The summed E-state index contributed by atoms with van der Waals surface area (Å²) in [6, 6.07) is 0. The summed E-state index contributed by atoms with van der Waals surface area (Å²) in [5.41, 5.74) is 5.06. The molecule has 0 saturated carbocycles. The van der Waals surface area contributed by atoms with Gasteiger partial charge in [-0.1, -0.05) is 0 Å². The molecule has 5 nitrogen and oxygen atoms in total. The molecule has 0 aromatic carbocycles. The fourth-order valence-electron chi connectivity index (χ4n) is 1.44. The molecule has 1 rings (SSSR count). The molecule has 1 aliphatic rings. The van der Waals surface area contributed by atoms with Crippen molar-refractivity contribution in [1.29, 1.82) is 0 Å². The van der Waals surface area contributed by atoms with Gasteiger partial charge in [0.1, 0.15) is 0 Å². The predicted octanol–water partition coefficient (Wildman–Crippen LogP) is -0.942. The van der Waals surface area contributed by atoms with Crippen LogP contribution in [0.1, 0.15) is 6.92 Å². The second-order valence-corrected chi connectivity index (χ2v) is 3.25. The number of nitrogens with zero attached hydrogens (tertiary/aromatic N) is 2. The number of rotatable bonds is 2. The van der Waals surface area contributed by atoms with Crippen LogP contribution in [0.5, 0.6) is 0 Å². The molecule has 1 fully saturated rings. The first-order valence-electron chi connectivity index (χ1n) is 4.36. The molecule has 1 heterocycles. The molecule has 6 heteroatoms. The lowest BCUT2D eigenvalue weighted by atomic mass is 10.3. The highest BCUT2D eigenvalue weighted by Crippen LogP contribution is 2.00. The number of piperazine rings is 1. The highest BCUT2D eigenvalue weighted by atomic mass is 35.5. The third-order valence-corrected chi connectivity index (χ3v) is 2.20. The van der Waals surface area contributed by atoms with Gasteiger partial charge in [-0.2, -0.15) is 0 Å². The minimum absolute atomic E-state index is 0.